The van der Waals surface area contributed by atoms with Crippen LogP contribution < -0.4 is 16.0 Å². The number of nitrogens with one attached hydrogen (secondary N) is 3. The number of carbonyl (C=O) groups is 1. The van der Waals surface area contributed by atoms with Gasteiger partial charge in [0.2, 0.25) is 0 Å². The van der Waals surface area contributed by atoms with Gasteiger partial charge < -0.3 is 16.0 Å². The first-order valence-electron chi connectivity index (χ1n) is 8.43. The quantitative estimate of drug-likeness (QED) is 0.559. The number of nitrogens with zero attached hydrogens (tertiary/aromatic N) is 1. The van der Waals surface area contributed by atoms with E-state index in [1.165, 1.54) is 11.1 Å². The van der Waals surface area contributed by atoms with Crippen LogP contribution in [0.25, 0.3) is 0 Å². The minimum absolute atomic E-state index is 0.0644. The molecule has 2 rings (SSSR count). The Hall–Kier alpha value is -2.82. The lowest BCUT2D eigenvalue weighted by atomic mass is 10.1. The lowest BCUT2D eigenvalue weighted by Crippen LogP contribution is -2.37. The van der Waals surface area contributed by atoms with Crippen molar-refractivity contribution in [1.82, 2.24) is 16.0 Å². The Morgan fingerprint density at radius 1 is 1.04 bits per heavy atom. The molecule has 2 aromatic rings. The number of aryl methyl sites for hydroxylation is 1. The minimum atomic E-state index is -0.0644. The van der Waals surface area contributed by atoms with Gasteiger partial charge >= 0.3 is 0 Å². The fourth-order valence-electron chi connectivity index (χ4n) is 2.57. The highest BCUT2D eigenvalue weighted by Gasteiger charge is 2.04. The van der Waals surface area contributed by atoms with Gasteiger partial charge in [-0.3, -0.25) is 9.79 Å². The normalized spacial score (nSPS) is 11.1. The first-order chi connectivity index (χ1) is 12.1. The van der Waals surface area contributed by atoms with Gasteiger partial charge in [-0.25, -0.2) is 0 Å². The van der Waals surface area contributed by atoms with Crippen LogP contribution in [0, 0.1) is 6.92 Å². The van der Waals surface area contributed by atoms with E-state index >= 15 is 0 Å². The number of carbonyl (C=O) groups excluding carboxylic acids is 1. The number of guanidine groups is 1. The molecule has 0 fully saturated rings. The molecule has 3 N–H and O–H groups in total. The van der Waals surface area contributed by atoms with Gasteiger partial charge in [0.25, 0.3) is 5.91 Å². The number of hydrogen-bond donors (Lipinski definition) is 3. The molecule has 0 aliphatic rings. The van der Waals surface area contributed by atoms with Crippen LogP contribution in [0.5, 0.6) is 0 Å². The fraction of sp³-hybridized carbons (Fsp3) is 0.300. The predicted octanol–water partition coefficient (Wildman–Crippen LogP) is 2.26. The first-order valence-corrected chi connectivity index (χ1v) is 8.43. The largest absolute Gasteiger partial charge is 0.356 e. The summed E-state index contributed by atoms with van der Waals surface area (Å²) in [6, 6.07) is 16.1. The van der Waals surface area contributed by atoms with E-state index in [2.05, 4.69) is 52.1 Å². The van der Waals surface area contributed by atoms with Gasteiger partial charge in [0.15, 0.2) is 5.96 Å². The second-order valence-electron chi connectivity index (χ2n) is 5.87. The third-order valence-electron chi connectivity index (χ3n) is 3.89. The molecule has 0 saturated carbocycles. The topological polar surface area (TPSA) is 65.5 Å². The summed E-state index contributed by atoms with van der Waals surface area (Å²) in [5.41, 5.74) is 4.27. The Kier molecular flexibility index (Phi) is 7.01. The van der Waals surface area contributed by atoms with Crippen molar-refractivity contribution >= 4 is 11.9 Å². The molecule has 5 heteroatoms. The zero-order valence-corrected chi connectivity index (χ0v) is 15.1. The Bertz CT molecular complexity index is 740. The Balaban J connectivity index is 1.82. The van der Waals surface area contributed by atoms with Crippen molar-refractivity contribution in [2.75, 3.05) is 20.6 Å². The van der Waals surface area contributed by atoms with Crippen LogP contribution in [0.1, 0.15) is 27.0 Å². The predicted molar refractivity (Wildman–Crippen MR) is 103 cm³/mol. The molecule has 0 spiro atoms. The molecule has 5 nitrogen and oxygen atoms in total. The molecule has 132 valence electrons. The van der Waals surface area contributed by atoms with E-state index in [4.69, 9.17) is 0 Å². The highest BCUT2D eigenvalue weighted by Crippen LogP contribution is 2.06. The van der Waals surface area contributed by atoms with Crippen LogP contribution in [0.15, 0.2) is 53.5 Å². The second kappa shape index (κ2) is 9.47. The first kappa shape index (κ1) is 18.5. The Morgan fingerprint density at radius 2 is 1.80 bits per heavy atom. The molecular weight excluding hydrogens is 312 g/mol. The van der Waals surface area contributed by atoms with E-state index < -0.39 is 0 Å². The molecule has 0 unspecified atom stereocenters. The second-order valence-corrected chi connectivity index (χ2v) is 5.87. The highest BCUT2D eigenvalue weighted by molar-refractivity contribution is 5.94. The number of rotatable bonds is 6. The van der Waals surface area contributed by atoms with Crippen molar-refractivity contribution < 1.29 is 4.79 Å². The van der Waals surface area contributed by atoms with Crippen LogP contribution >= 0.6 is 0 Å². The van der Waals surface area contributed by atoms with Crippen molar-refractivity contribution in [2.24, 2.45) is 4.99 Å². The molecular formula is C20H26N4O. The maximum absolute atomic E-state index is 11.7. The molecule has 0 aromatic heterocycles. The number of benzene rings is 2. The van der Waals surface area contributed by atoms with Gasteiger partial charge in [0, 0.05) is 32.7 Å². The average molecular weight is 338 g/mol. The van der Waals surface area contributed by atoms with Crippen molar-refractivity contribution in [2.45, 2.75) is 19.9 Å². The SMILES string of the molecule is CN=C(NCCc1cccc(C(=O)NC)c1)NCc1cccc(C)c1. The van der Waals surface area contributed by atoms with E-state index in [-0.39, 0.29) is 5.91 Å². The summed E-state index contributed by atoms with van der Waals surface area (Å²) in [7, 11) is 3.40. The van der Waals surface area contributed by atoms with Crippen LogP contribution in [-0.4, -0.2) is 32.5 Å². The third kappa shape index (κ3) is 5.95. The van der Waals surface area contributed by atoms with Gasteiger partial charge in [-0.1, -0.05) is 42.0 Å². The van der Waals surface area contributed by atoms with Gasteiger partial charge in [0.1, 0.15) is 0 Å². The summed E-state index contributed by atoms with van der Waals surface area (Å²) >= 11 is 0. The Labute approximate surface area is 149 Å². The molecule has 0 radical (unpaired) electrons. The van der Waals surface area contributed by atoms with E-state index in [9.17, 15) is 4.79 Å². The van der Waals surface area contributed by atoms with Gasteiger partial charge in [-0.15, -0.1) is 0 Å². The zero-order valence-electron chi connectivity index (χ0n) is 15.1. The van der Waals surface area contributed by atoms with E-state index in [1.54, 1.807) is 14.1 Å². The van der Waals surface area contributed by atoms with Crippen molar-refractivity contribution in [1.29, 1.82) is 0 Å². The summed E-state index contributed by atoms with van der Waals surface area (Å²) < 4.78 is 0. The number of hydrogen-bond acceptors (Lipinski definition) is 2. The van der Waals surface area contributed by atoms with Crippen molar-refractivity contribution in [3.63, 3.8) is 0 Å². The summed E-state index contributed by atoms with van der Waals surface area (Å²) in [6.07, 6.45) is 0.815. The lowest BCUT2D eigenvalue weighted by molar-refractivity contribution is 0.0963. The van der Waals surface area contributed by atoms with Crippen LogP contribution in [0.4, 0.5) is 0 Å². The van der Waals surface area contributed by atoms with Crippen molar-refractivity contribution in [3.05, 3.63) is 70.8 Å². The maximum Gasteiger partial charge on any atom is 0.251 e. The summed E-state index contributed by atoms with van der Waals surface area (Å²) in [4.78, 5) is 15.9. The molecule has 1 amide bonds. The monoisotopic (exact) mass is 338 g/mol. The number of aliphatic imine (C=N–C) groups is 1. The summed E-state index contributed by atoms with van der Waals surface area (Å²) in [5, 5.41) is 9.26. The zero-order chi connectivity index (χ0) is 18.1. The molecule has 0 aliphatic heterocycles. The van der Waals surface area contributed by atoms with E-state index in [0.717, 1.165) is 31.0 Å². The molecule has 2 aromatic carbocycles. The standard InChI is InChI=1S/C20H26N4O/c1-15-6-4-8-17(12-15)14-24-20(22-3)23-11-10-16-7-5-9-18(13-16)19(25)21-2/h4-9,12-13H,10-11,14H2,1-3H3,(H,21,25)(H2,22,23,24). The number of amides is 1. The molecule has 0 atom stereocenters. The molecule has 25 heavy (non-hydrogen) atoms. The summed E-state index contributed by atoms with van der Waals surface area (Å²) in [5.74, 6) is 0.703. The maximum atomic E-state index is 11.7. The van der Waals surface area contributed by atoms with Gasteiger partial charge in [-0.2, -0.15) is 0 Å². The summed E-state index contributed by atoms with van der Waals surface area (Å²) in [6.45, 7) is 3.56. The molecule has 0 heterocycles. The van der Waals surface area contributed by atoms with Crippen LogP contribution in [-0.2, 0) is 13.0 Å². The van der Waals surface area contributed by atoms with Crippen molar-refractivity contribution in [3.8, 4) is 0 Å². The molecule has 0 aliphatic carbocycles. The highest BCUT2D eigenvalue weighted by atomic mass is 16.1. The van der Waals surface area contributed by atoms with Gasteiger partial charge in [0.05, 0.1) is 0 Å². The third-order valence-corrected chi connectivity index (χ3v) is 3.89. The van der Waals surface area contributed by atoms with E-state index in [1.807, 2.05) is 24.3 Å². The fourth-order valence-corrected chi connectivity index (χ4v) is 2.57. The van der Waals surface area contributed by atoms with Crippen LogP contribution in [0.3, 0.4) is 0 Å². The average Bonchev–Trinajstić information content (AvgIpc) is 2.64. The van der Waals surface area contributed by atoms with E-state index in [0.29, 0.717) is 5.56 Å². The Morgan fingerprint density at radius 3 is 2.52 bits per heavy atom. The smallest absolute Gasteiger partial charge is 0.251 e. The van der Waals surface area contributed by atoms with Crippen LogP contribution in [0.2, 0.25) is 0 Å². The lowest BCUT2D eigenvalue weighted by Gasteiger charge is -2.12. The minimum Gasteiger partial charge on any atom is -0.356 e. The molecule has 0 bridgehead atoms. The molecule has 0 saturated heterocycles. The van der Waals surface area contributed by atoms with Gasteiger partial charge in [-0.05, 0) is 36.6 Å².